The van der Waals surface area contributed by atoms with Crippen molar-refractivity contribution in [1.29, 1.82) is 0 Å². The van der Waals surface area contributed by atoms with E-state index in [1.807, 2.05) is 12.1 Å². The molecule has 0 bridgehead atoms. The van der Waals surface area contributed by atoms with E-state index in [0.29, 0.717) is 25.1 Å². The Morgan fingerprint density at radius 3 is 2.78 bits per heavy atom. The molecule has 0 spiro atoms. The highest BCUT2D eigenvalue weighted by atomic mass is 127. The van der Waals surface area contributed by atoms with Crippen molar-refractivity contribution in [3.8, 4) is 5.88 Å². The summed E-state index contributed by atoms with van der Waals surface area (Å²) in [4.78, 5) is 8.59. The van der Waals surface area contributed by atoms with Gasteiger partial charge in [0, 0.05) is 38.5 Å². The molecule has 0 amide bonds. The van der Waals surface area contributed by atoms with E-state index >= 15 is 0 Å². The van der Waals surface area contributed by atoms with Gasteiger partial charge in [-0.1, -0.05) is 32.3 Å². The summed E-state index contributed by atoms with van der Waals surface area (Å²) < 4.78 is 11.7. The summed E-state index contributed by atoms with van der Waals surface area (Å²) in [6.45, 7) is 5.05. The van der Waals surface area contributed by atoms with Gasteiger partial charge in [0.25, 0.3) is 0 Å². The van der Waals surface area contributed by atoms with Crippen molar-refractivity contribution in [2.45, 2.75) is 64.5 Å². The van der Waals surface area contributed by atoms with Crippen LogP contribution in [0.15, 0.2) is 23.3 Å². The fourth-order valence-corrected chi connectivity index (χ4v) is 3.05. The molecule has 0 unspecified atom stereocenters. The lowest BCUT2D eigenvalue weighted by molar-refractivity contribution is 0.0277. The quantitative estimate of drug-likeness (QED) is 0.226. The van der Waals surface area contributed by atoms with Crippen molar-refractivity contribution in [2.75, 3.05) is 26.8 Å². The van der Waals surface area contributed by atoms with Crippen LogP contribution in [0.2, 0.25) is 0 Å². The van der Waals surface area contributed by atoms with Crippen molar-refractivity contribution in [2.24, 2.45) is 4.99 Å². The van der Waals surface area contributed by atoms with Crippen molar-refractivity contribution < 1.29 is 9.47 Å². The molecule has 154 valence electrons. The van der Waals surface area contributed by atoms with Gasteiger partial charge < -0.3 is 20.1 Å². The molecule has 2 N–H and O–H groups in total. The maximum Gasteiger partial charge on any atom is 0.218 e. The molecule has 0 aliphatic heterocycles. The zero-order chi connectivity index (χ0) is 18.5. The van der Waals surface area contributed by atoms with E-state index in [2.05, 4.69) is 27.5 Å². The number of nitrogens with zero attached hydrogens (tertiary/aromatic N) is 2. The van der Waals surface area contributed by atoms with Crippen LogP contribution in [-0.4, -0.2) is 43.9 Å². The Morgan fingerprint density at radius 1 is 1.22 bits per heavy atom. The number of rotatable bonds is 10. The minimum Gasteiger partial charge on any atom is -0.477 e. The number of hydrogen-bond acceptors (Lipinski definition) is 4. The van der Waals surface area contributed by atoms with Crippen LogP contribution in [0.3, 0.4) is 0 Å². The fraction of sp³-hybridized carbons (Fsp3) is 0.700. The Hall–Kier alpha value is -1.09. The average molecular weight is 490 g/mol. The SMILES string of the molecule is CCCOc1ncccc1CNC(=NC)NCCCOC1CCCCC1.I. The first-order chi connectivity index (χ1) is 12.8. The smallest absolute Gasteiger partial charge is 0.218 e. The molecular weight excluding hydrogens is 455 g/mol. The molecule has 0 atom stereocenters. The number of hydrogen-bond donors (Lipinski definition) is 2. The summed E-state index contributed by atoms with van der Waals surface area (Å²) in [5, 5.41) is 6.66. The van der Waals surface area contributed by atoms with Gasteiger partial charge in [0.1, 0.15) is 0 Å². The van der Waals surface area contributed by atoms with Gasteiger partial charge >= 0.3 is 0 Å². The van der Waals surface area contributed by atoms with Crippen molar-refractivity contribution >= 4 is 29.9 Å². The minimum atomic E-state index is 0. The molecule has 0 aromatic carbocycles. The summed E-state index contributed by atoms with van der Waals surface area (Å²) in [7, 11) is 1.78. The predicted molar refractivity (Wildman–Crippen MR) is 121 cm³/mol. The summed E-state index contributed by atoms with van der Waals surface area (Å²) in [6, 6.07) is 3.95. The zero-order valence-corrected chi connectivity index (χ0v) is 19.0. The lowest BCUT2D eigenvalue weighted by Crippen LogP contribution is -2.37. The Balaban J connectivity index is 0.00000364. The molecule has 1 aromatic rings. The van der Waals surface area contributed by atoms with Gasteiger partial charge in [0.2, 0.25) is 5.88 Å². The molecule has 1 aromatic heterocycles. The minimum absolute atomic E-state index is 0. The highest BCUT2D eigenvalue weighted by Gasteiger charge is 2.13. The van der Waals surface area contributed by atoms with Crippen LogP contribution in [0.4, 0.5) is 0 Å². The van der Waals surface area contributed by atoms with E-state index in [1.54, 1.807) is 13.2 Å². The third kappa shape index (κ3) is 9.60. The highest BCUT2D eigenvalue weighted by Crippen LogP contribution is 2.20. The second-order valence-corrected chi connectivity index (χ2v) is 6.65. The molecule has 7 heteroatoms. The molecule has 1 fully saturated rings. The standard InChI is InChI=1S/C20H34N4O2.HI/c1-3-14-26-19-17(9-7-12-22-19)16-24-20(21-2)23-13-8-15-25-18-10-5-4-6-11-18;/h7,9,12,18H,3-6,8,10-11,13-16H2,1-2H3,(H2,21,23,24);1H. The zero-order valence-electron chi connectivity index (χ0n) is 16.7. The van der Waals surface area contributed by atoms with Gasteiger partial charge in [-0.25, -0.2) is 4.98 Å². The van der Waals surface area contributed by atoms with E-state index in [4.69, 9.17) is 9.47 Å². The van der Waals surface area contributed by atoms with Gasteiger partial charge in [-0.15, -0.1) is 24.0 Å². The first kappa shape index (κ1) is 23.9. The molecular formula is C20H35IN4O2. The van der Waals surface area contributed by atoms with Gasteiger partial charge in [0.05, 0.1) is 12.7 Å². The summed E-state index contributed by atoms with van der Waals surface area (Å²) in [5.74, 6) is 1.48. The van der Waals surface area contributed by atoms with Gasteiger partial charge in [-0.3, -0.25) is 4.99 Å². The van der Waals surface area contributed by atoms with Crippen molar-refractivity contribution in [3.63, 3.8) is 0 Å². The summed E-state index contributed by atoms with van der Waals surface area (Å²) in [5.41, 5.74) is 1.03. The molecule has 0 radical (unpaired) electrons. The number of nitrogens with one attached hydrogen (secondary N) is 2. The number of aromatic nitrogens is 1. The predicted octanol–water partition coefficient (Wildman–Crippen LogP) is 3.89. The van der Waals surface area contributed by atoms with Crippen LogP contribution < -0.4 is 15.4 Å². The Bertz CT molecular complexity index is 536. The van der Waals surface area contributed by atoms with E-state index in [0.717, 1.165) is 37.5 Å². The number of guanidine groups is 1. The average Bonchev–Trinajstić information content (AvgIpc) is 2.70. The molecule has 1 aliphatic rings. The van der Waals surface area contributed by atoms with Crippen LogP contribution in [0.5, 0.6) is 5.88 Å². The fourth-order valence-electron chi connectivity index (χ4n) is 3.05. The number of halogens is 1. The van der Waals surface area contributed by atoms with Crippen LogP contribution in [0, 0.1) is 0 Å². The molecule has 1 saturated carbocycles. The van der Waals surface area contributed by atoms with E-state index in [1.165, 1.54) is 32.1 Å². The second kappa shape index (κ2) is 14.9. The van der Waals surface area contributed by atoms with Crippen LogP contribution in [0.25, 0.3) is 0 Å². The number of pyridine rings is 1. The molecule has 0 saturated heterocycles. The van der Waals surface area contributed by atoms with E-state index in [-0.39, 0.29) is 24.0 Å². The normalized spacial score (nSPS) is 15.1. The lowest BCUT2D eigenvalue weighted by atomic mass is 9.98. The first-order valence-electron chi connectivity index (χ1n) is 9.96. The second-order valence-electron chi connectivity index (χ2n) is 6.65. The maximum absolute atomic E-state index is 5.96. The Labute approximate surface area is 180 Å². The van der Waals surface area contributed by atoms with E-state index in [9.17, 15) is 0 Å². The largest absolute Gasteiger partial charge is 0.477 e. The van der Waals surface area contributed by atoms with Gasteiger partial charge in [-0.2, -0.15) is 0 Å². The lowest BCUT2D eigenvalue weighted by Gasteiger charge is -2.22. The third-order valence-corrected chi connectivity index (χ3v) is 4.48. The molecule has 6 nitrogen and oxygen atoms in total. The molecule has 1 heterocycles. The Morgan fingerprint density at radius 2 is 2.04 bits per heavy atom. The third-order valence-electron chi connectivity index (χ3n) is 4.48. The maximum atomic E-state index is 5.96. The molecule has 2 rings (SSSR count). The topological polar surface area (TPSA) is 67.8 Å². The number of ether oxygens (including phenoxy) is 2. The highest BCUT2D eigenvalue weighted by molar-refractivity contribution is 14.0. The molecule has 1 aliphatic carbocycles. The monoisotopic (exact) mass is 490 g/mol. The summed E-state index contributed by atoms with van der Waals surface area (Å²) in [6.07, 6.45) is 10.6. The van der Waals surface area contributed by atoms with Crippen molar-refractivity contribution in [3.05, 3.63) is 23.9 Å². The Kier molecular flexibility index (Phi) is 13.2. The van der Waals surface area contributed by atoms with Gasteiger partial charge in [-0.05, 0) is 31.7 Å². The number of aliphatic imine (C=N–C) groups is 1. The van der Waals surface area contributed by atoms with E-state index < -0.39 is 0 Å². The van der Waals surface area contributed by atoms with Gasteiger partial charge in [0.15, 0.2) is 5.96 Å². The van der Waals surface area contributed by atoms with Crippen LogP contribution >= 0.6 is 24.0 Å². The first-order valence-corrected chi connectivity index (χ1v) is 9.96. The van der Waals surface area contributed by atoms with Crippen molar-refractivity contribution in [1.82, 2.24) is 15.6 Å². The van der Waals surface area contributed by atoms with Crippen LogP contribution in [-0.2, 0) is 11.3 Å². The molecule has 27 heavy (non-hydrogen) atoms. The van der Waals surface area contributed by atoms with Crippen LogP contribution in [0.1, 0.15) is 57.4 Å². The summed E-state index contributed by atoms with van der Waals surface area (Å²) >= 11 is 0.